The second-order valence-electron chi connectivity index (χ2n) is 4.01. The number of nitrogens with one attached hydrogen (secondary N) is 1. The summed E-state index contributed by atoms with van der Waals surface area (Å²) in [6.07, 6.45) is 0.718. The second-order valence-corrected chi connectivity index (χ2v) is 5.80. The highest BCUT2D eigenvalue weighted by atomic mass is 35.5. The van der Waals surface area contributed by atoms with Crippen LogP contribution in [0.5, 0.6) is 0 Å². The smallest absolute Gasteiger partial charge is 0.252 e. The van der Waals surface area contributed by atoms with Gasteiger partial charge >= 0.3 is 0 Å². The minimum atomic E-state index is -0.199. The molecule has 1 aromatic heterocycles. The van der Waals surface area contributed by atoms with E-state index >= 15 is 0 Å². The number of amides is 1. The van der Waals surface area contributed by atoms with Crippen molar-refractivity contribution in [3.05, 3.63) is 49.9 Å². The number of rotatable bonds is 4. The number of benzene rings is 1. The van der Waals surface area contributed by atoms with Gasteiger partial charge in [0.25, 0.3) is 5.91 Å². The minimum absolute atomic E-state index is 0.199. The zero-order valence-electron chi connectivity index (χ0n) is 10.2. The SMILES string of the molecule is Cc1csc(CCNC(=O)c2ccc(Cl)cc2Cl)n1. The van der Waals surface area contributed by atoms with E-state index < -0.39 is 0 Å². The molecule has 100 valence electrons. The van der Waals surface area contributed by atoms with Crippen LogP contribution in [0, 0.1) is 6.92 Å². The molecule has 19 heavy (non-hydrogen) atoms. The van der Waals surface area contributed by atoms with Crippen molar-refractivity contribution in [3.63, 3.8) is 0 Å². The molecule has 0 fully saturated rings. The van der Waals surface area contributed by atoms with Crippen LogP contribution in [0.1, 0.15) is 21.1 Å². The average molecular weight is 315 g/mol. The second kappa shape index (κ2) is 6.37. The molecule has 0 spiro atoms. The molecule has 6 heteroatoms. The van der Waals surface area contributed by atoms with Crippen LogP contribution in [0.25, 0.3) is 0 Å². The monoisotopic (exact) mass is 314 g/mol. The Labute approximate surface area is 125 Å². The fourth-order valence-corrected chi connectivity index (χ4v) is 2.84. The molecular formula is C13H12Cl2N2OS. The molecular weight excluding hydrogens is 303 g/mol. The summed E-state index contributed by atoms with van der Waals surface area (Å²) < 4.78 is 0. The lowest BCUT2D eigenvalue weighted by Crippen LogP contribution is -2.25. The highest BCUT2D eigenvalue weighted by Crippen LogP contribution is 2.20. The fraction of sp³-hybridized carbons (Fsp3) is 0.231. The Hall–Kier alpha value is -1.10. The van der Waals surface area contributed by atoms with Gasteiger partial charge in [-0.25, -0.2) is 4.98 Å². The summed E-state index contributed by atoms with van der Waals surface area (Å²) in [6.45, 7) is 2.48. The van der Waals surface area contributed by atoms with Gasteiger partial charge in [0.05, 0.1) is 15.6 Å². The van der Waals surface area contributed by atoms with Crippen LogP contribution >= 0.6 is 34.5 Å². The summed E-state index contributed by atoms with van der Waals surface area (Å²) >= 11 is 13.3. The average Bonchev–Trinajstić information content (AvgIpc) is 2.75. The third kappa shape index (κ3) is 3.93. The third-order valence-corrected chi connectivity index (χ3v) is 4.04. The quantitative estimate of drug-likeness (QED) is 0.934. The standard InChI is InChI=1S/C13H12Cl2N2OS/c1-8-7-19-12(17-8)4-5-16-13(18)10-3-2-9(14)6-11(10)15/h2-3,6-7H,4-5H2,1H3,(H,16,18). The molecule has 0 bridgehead atoms. The zero-order valence-corrected chi connectivity index (χ0v) is 12.6. The van der Waals surface area contributed by atoms with E-state index in [1.807, 2.05) is 12.3 Å². The molecule has 0 aliphatic rings. The van der Waals surface area contributed by atoms with Gasteiger partial charge in [-0.3, -0.25) is 4.79 Å². The number of carbonyl (C=O) groups excluding carboxylic acids is 1. The van der Waals surface area contributed by atoms with Crippen molar-refractivity contribution in [1.29, 1.82) is 0 Å². The topological polar surface area (TPSA) is 42.0 Å². The number of halogens is 2. The van der Waals surface area contributed by atoms with E-state index in [1.54, 1.807) is 29.5 Å². The predicted molar refractivity (Wildman–Crippen MR) is 79.4 cm³/mol. The van der Waals surface area contributed by atoms with Crippen molar-refractivity contribution < 1.29 is 4.79 Å². The van der Waals surface area contributed by atoms with Gasteiger partial charge in [0.15, 0.2) is 0 Å². The molecule has 0 unspecified atom stereocenters. The predicted octanol–water partition coefficient (Wildman–Crippen LogP) is 3.73. The Bertz CT molecular complexity index is 598. The lowest BCUT2D eigenvalue weighted by Gasteiger charge is -2.06. The molecule has 1 amide bonds. The third-order valence-electron chi connectivity index (χ3n) is 2.47. The number of aromatic nitrogens is 1. The van der Waals surface area contributed by atoms with Crippen molar-refractivity contribution in [2.75, 3.05) is 6.54 Å². The van der Waals surface area contributed by atoms with Gasteiger partial charge in [-0.1, -0.05) is 23.2 Å². The van der Waals surface area contributed by atoms with Crippen molar-refractivity contribution >= 4 is 40.4 Å². The molecule has 1 N–H and O–H groups in total. The molecule has 0 atom stereocenters. The first-order valence-electron chi connectivity index (χ1n) is 5.70. The zero-order chi connectivity index (χ0) is 13.8. The van der Waals surface area contributed by atoms with Crippen LogP contribution in [0.4, 0.5) is 0 Å². The molecule has 0 radical (unpaired) electrons. The van der Waals surface area contributed by atoms with E-state index in [-0.39, 0.29) is 5.91 Å². The molecule has 0 saturated heterocycles. The first kappa shape index (κ1) is 14.3. The summed E-state index contributed by atoms with van der Waals surface area (Å²) in [5.74, 6) is -0.199. The number of hydrogen-bond acceptors (Lipinski definition) is 3. The van der Waals surface area contributed by atoms with Crippen LogP contribution in [0.3, 0.4) is 0 Å². The van der Waals surface area contributed by atoms with E-state index in [2.05, 4.69) is 10.3 Å². The van der Waals surface area contributed by atoms with Crippen LogP contribution in [-0.4, -0.2) is 17.4 Å². The van der Waals surface area contributed by atoms with Gasteiger partial charge in [-0.2, -0.15) is 0 Å². The molecule has 1 heterocycles. The van der Waals surface area contributed by atoms with Gasteiger partial charge in [0.2, 0.25) is 0 Å². The van der Waals surface area contributed by atoms with Gasteiger partial charge in [0, 0.05) is 29.1 Å². The van der Waals surface area contributed by atoms with E-state index in [0.29, 0.717) is 22.2 Å². The summed E-state index contributed by atoms with van der Waals surface area (Å²) in [5, 5.41) is 6.69. The Kier molecular flexibility index (Phi) is 4.80. The summed E-state index contributed by atoms with van der Waals surface area (Å²) in [4.78, 5) is 16.2. The Balaban J connectivity index is 1.90. The maximum absolute atomic E-state index is 11.9. The first-order chi connectivity index (χ1) is 9.06. The number of thiazole rings is 1. The lowest BCUT2D eigenvalue weighted by molar-refractivity contribution is 0.0954. The molecule has 0 aliphatic heterocycles. The number of nitrogens with zero attached hydrogens (tertiary/aromatic N) is 1. The van der Waals surface area contributed by atoms with Crippen LogP contribution in [0.15, 0.2) is 23.6 Å². The van der Waals surface area contributed by atoms with Crippen molar-refractivity contribution in [1.82, 2.24) is 10.3 Å². The highest BCUT2D eigenvalue weighted by molar-refractivity contribution is 7.09. The Morgan fingerprint density at radius 1 is 1.42 bits per heavy atom. The van der Waals surface area contributed by atoms with Crippen molar-refractivity contribution in [2.24, 2.45) is 0 Å². The van der Waals surface area contributed by atoms with Gasteiger partial charge in [-0.05, 0) is 25.1 Å². The highest BCUT2D eigenvalue weighted by Gasteiger charge is 2.10. The fourth-order valence-electron chi connectivity index (χ4n) is 1.57. The van der Waals surface area contributed by atoms with Gasteiger partial charge in [0.1, 0.15) is 0 Å². The lowest BCUT2D eigenvalue weighted by atomic mass is 10.2. The van der Waals surface area contributed by atoms with E-state index in [4.69, 9.17) is 23.2 Å². The van der Waals surface area contributed by atoms with Crippen LogP contribution in [0.2, 0.25) is 10.0 Å². The number of carbonyl (C=O) groups is 1. The van der Waals surface area contributed by atoms with E-state index in [0.717, 1.165) is 17.1 Å². The molecule has 0 saturated carbocycles. The maximum atomic E-state index is 11.9. The number of aryl methyl sites for hydroxylation is 1. The summed E-state index contributed by atoms with van der Waals surface area (Å²) in [5.41, 5.74) is 1.44. The maximum Gasteiger partial charge on any atom is 0.252 e. The van der Waals surface area contributed by atoms with Crippen LogP contribution in [-0.2, 0) is 6.42 Å². The molecule has 1 aromatic carbocycles. The largest absolute Gasteiger partial charge is 0.352 e. The normalized spacial score (nSPS) is 10.5. The number of hydrogen-bond donors (Lipinski definition) is 1. The van der Waals surface area contributed by atoms with Crippen molar-refractivity contribution in [2.45, 2.75) is 13.3 Å². The minimum Gasteiger partial charge on any atom is -0.352 e. The van der Waals surface area contributed by atoms with Gasteiger partial charge in [-0.15, -0.1) is 11.3 Å². The molecule has 0 aliphatic carbocycles. The Morgan fingerprint density at radius 3 is 2.84 bits per heavy atom. The first-order valence-corrected chi connectivity index (χ1v) is 7.34. The summed E-state index contributed by atoms with van der Waals surface area (Å²) in [7, 11) is 0. The molecule has 2 aromatic rings. The molecule has 3 nitrogen and oxygen atoms in total. The summed E-state index contributed by atoms with van der Waals surface area (Å²) in [6, 6.07) is 4.82. The van der Waals surface area contributed by atoms with E-state index in [9.17, 15) is 4.79 Å². The van der Waals surface area contributed by atoms with Crippen molar-refractivity contribution in [3.8, 4) is 0 Å². The Morgan fingerprint density at radius 2 is 2.21 bits per heavy atom. The van der Waals surface area contributed by atoms with Gasteiger partial charge < -0.3 is 5.32 Å². The molecule has 2 rings (SSSR count). The van der Waals surface area contributed by atoms with Crippen LogP contribution < -0.4 is 5.32 Å². The van der Waals surface area contributed by atoms with E-state index in [1.165, 1.54) is 0 Å².